The molecule has 4 heteroatoms. The number of carbonyl (C=O) groups excluding carboxylic acids is 1. The molecule has 4 nitrogen and oxygen atoms in total. The van der Waals surface area contributed by atoms with Crippen LogP contribution in [0.5, 0.6) is 0 Å². The molecule has 0 aliphatic carbocycles. The molecule has 1 atom stereocenters. The van der Waals surface area contributed by atoms with E-state index in [1.54, 1.807) is 0 Å². The molecule has 1 heterocycles. The minimum absolute atomic E-state index is 0.00324. The Hall–Kier alpha value is -1.55. The van der Waals surface area contributed by atoms with Gasteiger partial charge in [-0.3, -0.25) is 0 Å². The van der Waals surface area contributed by atoms with Crippen molar-refractivity contribution in [3.8, 4) is 0 Å². The molecule has 3 N–H and O–H groups in total. The summed E-state index contributed by atoms with van der Waals surface area (Å²) >= 11 is 0. The van der Waals surface area contributed by atoms with Gasteiger partial charge in [0.05, 0.1) is 5.54 Å². The van der Waals surface area contributed by atoms with Gasteiger partial charge in [0.1, 0.15) is 0 Å². The number of rotatable bonds is 3. The van der Waals surface area contributed by atoms with Crippen LogP contribution in [-0.4, -0.2) is 30.6 Å². The number of piperidine rings is 1. The Morgan fingerprint density at radius 1 is 1.26 bits per heavy atom. The number of amides is 2. The van der Waals surface area contributed by atoms with E-state index in [2.05, 4.69) is 5.32 Å². The van der Waals surface area contributed by atoms with Crippen LogP contribution in [0.15, 0.2) is 30.3 Å². The number of likely N-dealkylation sites (tertiary alicyclic amines) is 1. The molecule has 104 valence electrons. The molecule has 1 aromatic rings. The summed E-state index contributed by atoms with van der Waals surface area (Å²) < 4.78 is 0. The highest BCUT2D eigenvalue weighted by molar-refractivity contribution is 5.75. The molecule has 0 bridgehead atoms. The zero-order valence-corrected chi connectivity index (χ0v) is 11.6. The zero-order chi connectivity index (χ0) is 13.7. The van der Waals surface area contributed by atoms with Gasteiger partial charge in [0.2, 0.25) is 0 Å². The first-order chi connectivity index (χ1) is 9.15. The van der Waals surface area contributed by atoms with E-state index >= 15 is 0 Å². The zero-order valence-electron chi connectivity index (χ0n) is 11.6. The van der Waals surface area contributed by atoms with E-state index in [9.17, 15) is 4.79 Å². The van der Waals surface area contributed by atoms with E-state index in [0.29, 0.717) is 6.54 Å². The van der Waals surface area contributed by atoms with Crippen LogP contribution in [-0.2, 0) is 5.54 Å². The third kappa shape index (κ3) is 3.26. The van der Waals surface area contributed by atoms with Crippen molar-refractivity contribution >= 4 is 6.03 Å². The molecule has 1 aromatic carbocycles. The number of nitrogens with zero attached hydrogens (tertiary/aromatic N) is 1. The summed E-state index contributed by atoms with van der Waals surface area (Å²) in [6.07, 6.45) is 3.41. The molecule has 0 saturated carbocycles. The summed E-state index contributed by atoms with van der Waals surface area (Å²) in [7, 11) is 0. The summed E-state index contributed by atoms with van der Waals surface area (Å²) in [5.74, 6) is 0. The highest BCUT2D eigenvalue weighted by Gasteiger charge is 2.29. The van der Waals surface area contributed by atoms with Crippen molar-refractivity contribution in [2.45, 2.75) is 31.7 Å². The third-order valence-electron chi connectivity index (χ3n) is 3.85. The van der Waals surface area contributed by atoms with Crippen molar-refractivity contribution in [3.05, 3.63) is 35.9 Å². The van der Waals surface area contributed by atoms with Crippen LogP contribution in [0.2, 0.25) is 0 Å². The lowest BCUT2D eigenvalue weighted by Gasteiger charge is -2.34. The fourth-order valence-corrected chi connectivity index (χ4v) is 2.46. The summed E-state index contributed by atoms with van der Waals surface area (Å²) in [5, 5.41) is 3.09. The molecule has 1 fully saturated rings. The van der Waals surface area contributed by atoms with E-state index in [1.807, 2.05) is 42.2 Å². The van der Waals surface area contributed by atoms with Gasteiger partial charge in [-0.2, -0.15) is 0 Å². The molecule has 1 aliphatic rings. The van der Waals surface area contributed by atoms with Crippen LogP contribution in [0.1, 0.15) is 31.7 Å². The maximum atomic E-state index is 12.3. The highest BCUT2D eigenvalue weighted by atomic mass is 16.2. The van der Waals surface area contributed by atoms with Crippen molar-refractivity contribution in [1.29, 1.82) is 0 Å². The second-order valence-electron chi connectivity index (χ2n) is 5.38. The van der Waals surface area contributed by atoms with E-state index in [4.69, 9.17) is 5.73 Å². The van der Waals surface area contributed by atoms with E-state index in [1.165, 1.54) is 6.42 Å². The number of benzene rings is 1. The van der Waals surface area contributed by atoms with Gasteiger partial charge in [0, 0.05) is 19.6 Å². The Kier molecular flexibility index (Phi) is 4.43. The monoisotopic (exact) mass is 261 g/mol. The Balaban J connectivity index is 2.07. The highest BCUT2D eigenvalue weighted by Crippen LogP contribution is 2.20. The van der Waals surface area contributed by atoms with E-state index < -0.39 is 5.54 Å². The Bertz CT molecular complexity index is 415. The number of nitrogens with one attached hydrogen (secondary N) is 1. The topological polar surface area (TPSA) is 58.4 Å². The number of hydrogen-bond donors (Lipinski definition) is 2. The van der Waals surface area contributed by atoms with Gasteiger partial charge in [0.25, 0.3) is 0 Å². The summed E-state index contributed by atoms with van der Waals surface area (Å²) in [4.78, 5) is 14.2. The third-order valence-corrected chi connectivity index (χ3v) is 3.85. The molecule has 1 aliphatic heterocycles. The van der Waals surface area contributed by atoms with Gasteiger partial charge in [-0.25, -0.2) is 4.79 Å². The van der Waals surface area contributed by atoms with Crippen molar-refractivity contribution in [3.63, 3.8) is 0 Å². The normalized spacial score (nSPS) is 18.7. The predicted molar refractivity (Wildman–Crippen MR) is 76.8 cm³/mol. The molecular formula is C15H23N3O. The Morgan fingerprint density at radius 2 is 1.89 bits per heavy atom. The SMILES string of the molecule is CC(CN)(NC(=O)N1CCCCC1)c1ccccc1. The number of nitrogens with two attached hydrogens (primary N) is 1. The largest absolute Gasteiger partial charge is 0.328 e. The first kappa shape index (κ1) is 13.9. The fourth-order valence-electron chi connectivity index (χ4n) is 2.46. The molecule has 1 saturated heterocycles. The van der Waals surface area contributed by atoms with Crippen LogP contribution in [0.3, 0.4) is 0 Å². The van der Waals surface area contributed by atoms with Crippen molar-refractivity contribution in [1.82, 2.24) is 10.2 Å². The molecule has 2 amide bonds. The second-order valence-corrected chi connectivity index (χ2v) is 5.38. The first-order valence-electron chi connectivity index (χ1n) is 6.98. The van der Waals surface area contributed by atoms with Crippen LogP contribution in [0.4, 0.5) is 4.79 Å². The molecule has 0 aromatic heterocycles. The molecule has 1 unspecified atom stereocenters. The summed E-state index contributed by atoms with van der Waals surface area (Å²) in [6.45, 7) is 4.06. The Morgan fingerprint density at radius 3 is 2.47 bits per heavy atom. The number of hydrogen-bond acceptors (Lipinski definition) is 2. The lowest BCUT2D eigenvalue weighted by Crippen LogP contribution is -2.54. The maximum Gasteiger partial charge on any atom is 0.318 e. The van der Waals surface area contributed by atoms with Gasteiger partial charge in [-0.1, -0.05) is 30.3 Å². The minimum Gasteiger partial charge on any atom is -0.328 e. The lowest BCUT2D eigenvalue weighted by molar-refractivity contribution is 0.174. The average molecular weight is 261 g/mol. The van der Waals surface area contributed by atoms with Crippen LogP contribution < -0.4 is 11.1 Å². The standard InChI is InChI=1S/C15H23N3O/c1-15(12-16,13-8-4-2-5-9-13)17-14(19)18-10-6-3-7-11-18/h2,4-5,8-9H,3,6-7,10-12,16H2,1H3,(H,17,19). The van der Waals surface area contributed by atoms with Crippen molar-refractivity contribution < 1.29 is 4.79 Å². The van der Waals surface area contributed by atoms with Crippen LogP contribution >= 0.6 is 0 Å². The summed E-state index contributed by atoms with van der Waals surface area (Å²) in [5.41, 5.74) is 6.42. The molecule has 2 rings (SSSR count). The van der Waals surface area contributed by atoms with E-state index in [0.717, 1.165) is 31.5 Å². The molecular weight excluding hydrogens is 238 g/mol. The van der Waals surface area contributed by atoms with Gasteiger partial charge in [-0.15, -0.1) is 0 Å². The fraction of sp³-hybridized carbons (Fsp3) is 0.533. The average Bonchev–Trinajstić information content (AvgIpc) is 2.49. The van der Waals surface area contributed by atoms with Crippen LogP contribution in [0.25, 0.3) is 0 Å². The molecule has 0 radical (unpaired) electrons. The Labute approximate surface area is 115 Å². The number of carbonyl (C=O) groups is 1. The summed E-state index contributed by atoms with van der Waals surface area (Å²) in [6, 6.07) is 9.91. The van der Waals surface area contributed by atoms with E-state index in [-0.39, 0.29) is 6.03 Å². The van der Waals surface area contributed by atoms with Crippen molar-refractivity contribution in [2.75, 3.05) is 19.6 Å². The maximum absolute atomic E-state index is 12.3. The second kappa shape index (κ2) is 6.06. The smallest absolute Gasteiger partial charge is 0.318 e. The van der Waals surface area contributed by atoms with Gasteiger partial charge < -0.3 is 16.0 Å². The molecule has 19 heavy (non-hydrogen) atoms. The minimum atomic E-state index is -0.504. The quantitative estimate of drug-likeness (QED) is 0.875. The molecule has 0 spiro atoms. The predicted octanol–water partition coefficient (Wildman–Crippen LogP) is 2.06. The van der Waals surface area contributed by atoms with Gasteiger partial charge >= 0.3 is 6.03 Å². The first-order valence-corrected chi connectivity index (χ1v) is 6.98. The van der Waals surface area contributed by atoms with Gasteiger partial charge in [-0.05, 0) is 31.7 Å². The lowest BCUT2D eigenvalue weighted by atomic mass is 9.92. The van der Waals surface area contributed by atoms with Crippen molar-refractivity contribution in [2.24, 2.45) is 5.73 Å². The van der Waals surface area contributed by atoms with Crippen LogP contribution in [0, 0.1) is 0 Å². The number of urea groups is 1. The van der Waals surface area contributed by atoms with Gasteiger partial charge in [0.15, 0.2) is 0 Å².